The van der Waals surface area contributed by atoms with Crippen LogP contribution in [-0.2, 0) is 0 Å². The van der Waals surface area contributed by atoms with Crippen LogP contribution in [0.3, 0.4) is 0 Å². The van der Waals surface area contributed by atoms with Crippen LogP contribution >= 0.6 is 0 Å². The third kappa shape index (κ3) is 4.51. The van der Waals surface area contributed by atoms with E-state index < -0.39 is 0 Å². The first-order chi connectivity index (χ1) is 22.8. The van der Waals surface area contributed by atoms with Gasteiger partial charge in [-0.2, -0.15) is 0 Å². The van der Waals surface area contributed by atoms with E-state index in [-0.39, 0.29) is 0 Å². The molecule has 9 aromatic rings. The summed E-state index contributed by atoms with van der Waals surface area (Å²) in [6.45, 7) is 0. The lowest BCUT2D eigenvalue weighted by molar-refractivity contribution is 0.669. The third-order valence-electron chi connectivity index (χ3n) is 9.02. The Morgan fingerprint density at radius 2 is 1.02 bits per heavy atom. The molecule has 0 saturated carbocycles. The number of fused-ring (bicyclic) bond motifs is 5. The fourth-order valence-corrected chi connectivity index (χ4v) is 6.72. The van der Waals surface area contributed by atoms with Gasteiger partial charge in [0, 0.05) is 27.7 Å². The van der Waals surface area contributed by atoms with Crippen molar-refractivity contribution in [2.75, 3.05) is 4.90 Å². The molecule has 0 aliphatic rings. The highest BCUT2D eigenvalue weighted by molar-refractivity contribution is 6.10. The third-order valence-corrected chi connectivity index (χ3v) is 9.02. The summed E-state index contributed by atoms with van der Waals surface area (Å²) in [7, 11) is 0. The summed E-state index contributed by atoms with van der Waals surface area (Å²) in [4.78, 5) is 2.37. The van der Waals surface area contributed by atoms with Crippen molar-refractivity contribution in [1.82, 2.24) is 0 Å². The maximum absolute atomic E-state index is 6.20. The highest BCUT2D eigenvalue weighted by atomic mass is 16.3. The van der Waals surface area contributed by atoms with E-state index in [2.05, 4.69) is 169 Å². The van der Waals surface area contributed by atoms with Gasteiger partial charge in [0.2, 0.25) is 0 Å². The highest BCUT2D eigenvalue weighted by Crippen LogP contribution is 2.42. The van der Waals surface area contributed by atoms with Gasteiger partial charge in [0.25, 0.3) is 0 Å². The van der Waals surface area contributed by atoms with Gasteiger partial charge in [-0.25, -0.2) is 0 Å². The monoisotopic (exact) mass is 587 g/mol. The summed E-state index contributed by atoms with van der Waals surface area (Å²) in [6, 6.07) is 62.9. The number of furan rings is 1. The molecule has 0 aliphatic carbocycles. The predicted octanol–water partition coefficient (Wildman–Crippen LogP) is 12.7. The van der Waals surface area contributed by atoms with Crippen molar-refractivity contribution < 1.29 is 4.42 Å². The van der Waals surface area contributed by atoms with Gasteiger partial charge in [0.15, 0.2) is 0 Å². The molecular weight excluding hydrogens is 558 g/mol. The van der Waals surface area contributed by atoms with E-state index in [1.54, 1.807) is 0 Å². The predicted molar refractivity (Wildman–Crippen MR) is 194 cm³/mol. The molecule has 0 saturated heterocycles. The number of para-hydroxylation sites is 2. The molecule has 2 heteroatoms. The molecule has 0 bridgehead atoms. The molecule has 1 aromatic heterocycles. The van der Waals surface area contributed by atoms with E-state index in [0.717, 1.165) is 39.0 Å². The molecule has 0 unspecified atom stereocenters. The first kappa shape index (κ1) is 26.3. The average Bonchev–Trinajstić information content (AvgIpc) is 3.48. The summed E-state index contributed by atoms with van der Waals surface area (Å²) in [5, 5.41) is 7.14. The molecule has 2 nitrogen and oxygen atoms in total. The van der Waals surface area contributed by atoms with Crippen LogP contribution < -0.4 is 4.90 Å². The molecule has 0 aliphatic heterocycles. The summed E-state index contributed by atoms with van der Waals surface area (Å²) < 4.78 is 6.20. The standard InChI is InChI=1S/C44H29NO/c1-2-11-32(12-3-1)39-14-6-8-16-42(39)45(38-25-22-30-10-4-5-13-33(30)27-38)37-23-20-31(21-24-37)34-18-19-35-28-41-40-15-7-9-17-43(40)46-44(41)29-36(35)26-34/h1-29H. The number of rotatable bonds is 5. The lowest BCUT2D eigenvalue weighted by atomic mass is 9.98. The van der Waals surface area contributed by atoms with E-state index in [1.807, 2.05) is 12.1 Å². The molecule has 9 rings (SSSR count). The minimum atomic E-state index is 0.921. The van der Waals surface area contributed by atoms with E-state index >= 15 is 0 Å². The van der Waals surface area contributed by atoms with Crippen LogP contribution in [0.4, 0.5) is 17.1 Å². The first-order valence-electron chi connectivity index (χ1n) is 15.7. The van der Waals surface area contributed by atoms with E-state index in [1.165, 1.54) is 43.8 Å². The Labute approximate surface area is 267 Å². The van der Waals surface area contributed by atoms with Crippen molar-refractivity contribution in [3.05, 3.63) is 176 Å². The Bertz CT molecular complexity index is 2530. The fourth-order valence-electron chi connectivity index (χ4n) is 6.72. The molecule has 216 valence electrons. The molecule has 0 N–H and O–H groups in total. The van der Waals surface area contributed by atoms with Crippen molar-refractivity contribution in [1.29, 1.82) is 0 Å². The summed E-state index contributed by atoms with van der Waals surface area (Å²) in [5.41, 5.74) is 9.93. The second-order valence-electron chi connectivity index (χ2n) is 11.8. The zero-order valence-electron chi connectivity index (χ0n) is 25.1. The van der Waals surface area contributed by atoms with Gasteiger partial charge in [0.05, 0.1) is 5.69 Å². The Kier molecular flexibility index (Phi) is 6.17. The van der Waals surface area contributed by atoms with Crippen molar-refractivity contribution in [2.24, 2.45) is 0 Å². The molecule has 0 fully saturated rings. The number of hydrogen-bond acceptors (Lipinski definition) is 2. The van der Waals surface area contributed by atoms with Crippen LogP contribution in [-0.4, -0.2) is 0 Å². The molecule has 1 heterocycles. The van der Waals surface area contributed by atoms with Gasteiger partial charge in [-0.1, -0.05) is 121 Å². The molecule has 8 aromatic carbocycles. The Hall–Kier alpha value is -6.12. The Morgan fingerprint density at radius 1 is 0.348 bits per heavy atom. The number of nitrogens with zero attached hydrogens (tertiary/aromatic N) is 1. The largest absolute Gasteiger partial charge is 0.456 e. The number of hydrogen-bond donors (Lipinski definition) is 0. The van der Waals surface area contributed by atoms with Gasteiger partial charge in [-0.15, -0.1) is 0 Å². The zero-order valence-corrected chi connectivity index (χ0v) is 25.1. The van der Waals surface area contributed by atoms with E-state index in [4.69, 9.17) is 4.42 Å². The van der Waals surface area contributed by atoms with Crippen molar-refractivity contribution in [3.8, 4) is 22.3 Å². The molecule has 0 atom stereocenters. The van der Waals surface area contributed by atoms with Gasteiger partial charge in [-0.3, -0.25) is 0 Å². The van der Waals surface area contributed by atoms with Gasteiger partial charge in [-0.05, 0) is 92.8 Å². The second-order valence-corrected chi connectivity index (χ2v) is 11.8. The maximum atomic E-state index is 6.20. The quantitative estimate of drug-likeness (QED) is 0.199. The number of anilines is 3. The lowest BCUT2D eigenvalue weighted by Gasteiger charge is -2.28. The summed E-state index contributed by atoms with van der Waals surface area (Å²) in [5.74, 6) is 0. The molecule has 0 radical (unpaired) electrons. The number of benzene rings is 8. The summed E-state index contributed by atoms with van der Waals surface area (Å²) in [6.07, 6.45) is 0. The highest BCUT2D eigenvalue weighted by Gasteiger charge is 2.18. The maximum Gasteiger partial charge on any atom is 0.136 e. The van der Waals surface area contributed by atoms with E-state index in [9.17, 15) is 0 Å². The van der Waals surface area contributed by atoms with Crippen molar-refractivity contribution in [3.63, 3.8) is 0 Å². The van der Waals surface area contributed by atoms with Gasteiger partial charge < -0.3 is 9.32 Å². The molecule has 0 amide bonds. The SMILES string of the molecule is c1ccc(-c2ccccc2N(c2ccc(-c3ccc4cc5c(cc4c3)oc3ccccc35)cc2)c2ccc3ccccc3c2)cc1. The minimum Gasteiger partial charge on any atom is -0.456 e. The average molecular weight is 588 g/mol. The minimum absolute atomic E-state index is 0.921. The Balaban J connectivity index is 1.15. The first-order valence-corrected chi connectivity index (χ1v) is 15.7. The van der Waals surface area contributed by atoms with Crippen molar-refractivity contribution in [2.45, 2.75) is 0 Å². The van der Waals surface area contributed by atoms with Crippen LogP contribution in [0, 0.1) is 0 Å². The summed E-state index contributed by atoms with van der Waals surface area (Å²) >= 11 is 0. The Morgan fingerprint density at radius 3 is 1.91 bits per heavy atom. The smallest absolute Gasteiger partial charge is 0.136 e. The fraction of sp³-hybridized carbons (Fsp3) is 0. The topological polar surface area (TPSA) is 16.4 Å². The van der Waals surface area contributed by atoms with Crippen LogP contribution in [0.1, 0.15) is 0 Å². The molecule has 0 spiro atoms. The zero-order chi connectivity index (χ0) is 30.5. The van der Waals surface area contributed by atoms with Crippen molar-refractivity contribution >= 4 is 60.5 Å². The van der Waals surface area contributed by atoms with Crippen LogP contribution in [0.25, 0.3) is 65.7 Å². The van der Waals surface area contributed by atoms with Crippen LogP contribution in [0.5, 0.6) is 0 Å². The van der Waals surface area contributed by atoms with E-state index in [0.29, 0.717) is 0 Å². The second kappa shape index (κ2) is 10.8. The molecule has 46 heavy (non-hydrogen) atoms. The molecular formula is C44H29NO. The lowest BCUT2D eigenvalue weighted by Crippen LogP contribution is -2.11. The van der Waals surface area contributed by atoms with Crippen LogP contribution in [0.15, 0.2) is 180 Å². The normalized spacial score (nSPS) is 11.5. The van der Waals surface area contributed by atoms with Crippen LogP contribution in [0.2, 0.25) is 0 Å². The van der Waals surface area contributed by atoms with Gasteiger partial charge in [0.1, 0.15) is 11.2 Å². The van der Waals surface area contributed by atoms with Gasteiger partial charge >= 0.3 is 0 Å².